The van der Waals surface area contributed by atoms with Crippen molar-refractivity contribution in [3.63, 3.8) is 0 Å². The van der Waals surface area contributed by atoms with E-state index in [-0.39, 0.29) is 11.9 Å². The van der Waals surface area contributed by atoms with E-state index < -0.39 is 0 Å². The number of nitrogens with one attached hydrogen (secondary N) is 1. The Kier molecular flexibility index (Phi) is 4.37. The number of thiazole rings is 1. The number of hydrogen-bond acceptors (Lipinski definition) is 4. The number of aromatic nitrogens is 1. The minimum Gasteiger partial charge on any atom is -0.462 e. The predicted octanol–water partition coefficient (Wildman–Crippen LogP) is 3.63. The van der Waals surface area contributed by atoms with Gasteiger partial charge in [0.2, 0.25) is 0 Å². The second kappa shape index (κ2) is 6.02. The molecule has 2 heterocycles. The first kappa shape index (κ1) is 13.8. The van der Waals surface area contributed by atoms with Gasteiger partial charge in [0.15, 0.2) is 10.8 Å². The molecule has 0 spiro atoms. The Labute approximate surface area is 116 Å². The molecule has 0 atom stereocenters. The highest BCUT2D eigenvalue weighted by Gasteiger charge is 2.19. The van der Waals surface area contributed by atoms with Gasteiger partial charge in [-0.15, -0.1) is 11.3 Å². The van der Waals surface area contributed by atoms with Crippen LogP contribution in [0.2, 0.25) is 0 Å². The highest BCUT2D eigenvalue weighted by molar-refractivity contribution is 7.15. The van der Waals surface area contributed by atoms with Crippen LogP contribution in [-0.4, -0.2) is 16.9 Å². The Morgan fingerprint density at radius 1 is 1.47 bits per heavy atom. The molecule has 2 aromatic heterocycles. The molecule has 102 valence electrons. The molecule has 0 aliphatic rings. The average Bonchev–Trinajstić information content (AvgIpc) is 3.04. The normalized spacial score (nSPS) is 10.9. The molecule has 19 heavy (non-hydrogen) atoms. The highest BCUT2D eigenvalue weighted by atomic mass is 32.1. The van der Waals surface area contributed by atoms with E-state index in [1.807, 2.05) is 19.1 Å². The van der Waals surface area contributed by atoms with Gasteiger partial charge < -0.3 is 9.73 Å². The fourth-order valence-corrected chi connectivity index (χ4v) is 2.74. The summed E-state index contributed by atoms with van der Waals surface area (Å²) in [6.07, 6.45) is 3.46. The lowest BCUT2D eigenvalue weighted by atomic mass is 10.1. The van der Waals surface area contributed by atoms with Gasteiger partial charge in [0.1, 0.15) is 5.69 Å². The molecular formula is C14H18N2O2S. The zero-order valence-electron chi connectivity index (χ0n) is 11.4. The molecule has 0 aliphatic carbocycles. The van der Waals surface area contributed by atoms with Crippen molar-refractivity contribution in [3.8, 4) is 10.8 Å². The van der Waals surface area contributed by atoms with Crippen LogP contribution in [0.5, 0.6) is 0 Å². The molecule has 4 nitrogen and oxygen atoms in total. The summed E-state index contributed by atoms with van der Waals surface area (Å²) in [6.45, 7) is 6.04. The van der Waals surface area contributed by atoms with Gasteiger partial charge in [-0.1, -0.05) is 13.8 Å². The van der Waals surface area contributed by atoms with Crippen molar-refractivity contribution < 1.29 is 9.21 Å². The molecule has 5 heteroatoms. The second-order valence-electron chi connectivity index (χ2n) is 4.39. The molecule has 1 amide bonds. The molecule has 0 bridgehead atoms. The summed E-state index contributed by atoms with van der Waals surface area (Å²) in [5, 5.41) is 3.75. The maximum absolute atomic E-state index is 12.2. The molecule has 0 aromatic carbocycles. The van der Waals surface area contributed by atoms with E-state index in [2.05, 4.69) is 24.1 Å². The van der Waals surface area contributed by atoms with Crippen LogP contribution in [0.25, 0.3) is 10.8 Å². The minimum absolute atomic E-state index is 0.0970. The summed E-state index contributed by atoms with van der Waals surface area (Å²) >= 11 is 1.48. The predicted molar refractivity (Wildman–Crippen MR) is 76.4 cm³/mol. The summed E-state index contributed by atoms with van der Waals surface area (Å²) in [7, 11) is 0. The monoisotopic (exact) mass is 278 g/mol. The number of rotatable bonds is 5. The van der Waals surface area contributed by atoms with Crippen LogP contribution < -0.4 is 5.32 Å². The van der Waals surface area contributed by atoms with Gasteiger partial charge >= 0.3 is 0 Å². The van der Waals surface area contributed by atoms with Gasteiger partial charge in [-0.2, -0.15) is 0 Å². The second-order valence-corrected chi connectivity index (χ2v) is 5.59. The van der Waals surface area contributed by atoms with Crippen molar-refractivity contribution in [3.05, 3.63) is 29.0 Å². The topological polar surface area (TPSA) is 55.1 Å². The van der Waals surface area contributed by atoms with Crippen LogP contribution in [0.3, 0.4) is 0 Å². The molecule has 0 unspecified atom stereocenters. The molecule has 0 fully saturated rings. The van der Waals surface area contributed by atoms with Gasteiger partial charge in [0.25, 0.3) is 5.91 Å². The molecular weight excluding hydrogens is 260 g/mol. The lowest BCUT2D eigenvalue weighted by Gasteiger charge is -2.13. The maximum Gasteiger partial charge on any atom is 0.271 e. The molecule has 2 rings (SSSR count). The first-order valence-electron chi connectivity index (χ1n) is 6.47. The third-order valence-corrected chi connectivity index (χ3v) is 4.05. The quantitative estimate of drug-likeness (QED) is 0.908. The number of aryl methyl sites for hydroxylation is 1. The average molecular weight is 278 g/mol. The van der Waals surface area contributed by atoms with E-state index in [1.165, 1.54) is 11.3 Å². The van der Waals surface area contributed by atoms with E-state index >= 15 is 0 Å². The Morgan fingerprint density at radius 2 is 2.21 bits per heavy atom. The molecule has 2 aromatic rings. The van der Waals surface area contributed by atoms with Gasteiger partial charge in [0.05, 0.1) is 6.26 Å². The zero-order valence-corrected chi connectivity index (χ0v) is 12.2. The summed E-state index contributed by atoms with van der Waals surface area (Å²) in [5.41, 5.74) is 0.503. The minimum atomic E-state index is -0.0970. The number of furan rings is 1. The van der Waals surface area contributed by atoms with E-state index in [0.29, 0.717) is 11.5 Å². The maximum atomic E-state index is 12.2. The van der Waals surface area contributed by atoms with Gasteiger partial charge in [-0.05, 0) is 31.9 Å². The highest BCUT2D eigenvalue weighted by Crippen LogP contribution is 2.27. The van der Waals surface area contributed by atoms with Crippen LogP contribution >= 0.6 is 11.3 Å². The Bertz CT molecular complexity index is 542. The Balaban J connectivity index is 2.19. The van der Waals surface area contributed by atoms with E-state index in [9.17, 15) is 4.79 Å². The first-order chi connectivity index (χ1) is 9.15. The summed E-state index contributed by atoms with van der Waals surface area (Å²) in [4.78, 5) is 17.5. The number of carbonyl (C=O) groups is 1. The van der Waals surface area contributed by atoms with Gasteiger partial charge in [-0.25, -0.2) is 4.98 Å². The molecule has 0 saturated carbocycles. The van der Waals surface area contributed by atoms with Crippen molar-refractivity contribution in [2.45, 2.75) is 39.7 Å². The molecule has 0 aliphatic heterocycles. The van der Waals surface area contributed by atoms with Crippen molar-refractivity contribution in [1.82, 2.24) is 10.3 Å². The summed E-state index contributed by atoms with van der Waals surface area (Å²) < 4.78 is 5.31. The van der Waals surface area contributed by atoms with E-state index in [4.69, 9.17) is 4.42 Å². The molecule has 0 radical (unpaired) electrons. The van der Waals surface area contributed by atoms with Crippen LogP contribution in [0.1, 0.15) is 42.1 Å². The fourth-order valence-electron chi connectivity index (χ4n) is 1.86. The van der Waals surface area contributed by atoms with Crippen LogP contribution in [0, 0.1) is 6.92 Å². The number of amides is 1. The van der Waals surface area contributed by atoms with Crippen molar-refractivity contribution >= 4 is 17.2 Å². The molecule has 0 saturated heterocycles. The van der Waals surface area contributed by atoms with Crippen molar-refractivity contribution in [2.24, 2.45) is 0 Å². The third kappa shape index (κ3) is 3.04. The van der Waals surface area contributed by atoms with E-state index in [1.54, 1.807) is 6.26 Å². The number of nitrogens with zero attached hydrogens (tertiary/aromatic N) is 1. The van der Waals surface area contributed by atoms with E-state index in [0.717, 1.165) is 22.7 Å². The SMILES string of the molecule is CCC(CC)NC(=O)c1nc(-c2ccco2)sc1C. The van der Waals surface area contributed by atoms with Crippen LogP contribution in [-0.2, 0) is 0 Å². The lowest BCUT2D eigenvalue weighted by molar-refractivity contribution is 0.0930. The summed E-state index contributed by atoms with van der Waals surface area (Å²) in [6, 6.07) is 3.87. The summed E-state index contributed by atoms with van der Waals surface area (Å²) in [5.74, 6) is 0.606. The van der Waals surface area contributed by atoms with Crippen molar-refractivity contribution in [2.75, 3.05) is 0 Å². The number of hydrogen-bond donors (Lipinski definition) is 1. The number of carbonyl (C=O) groups excluding carboxylic acids is 1. The van der Waals surface area contributed by atoms with Gasteiger partial charge in [0, 0.05) is 10.9 Å². The fraction of sp³-hybridized carbons (Fsp3) is 0.429. The standard InChI is InChI=1S/C14H18N2O2S/c1-4-10(5-2)15-13(17)12-9(3)19-14(16-12)11-7-6-8-18-11/h6-8,10H,4-5H2,1-3H3,(H,15,17). The largest absolute Gasteiger partial charge is 0.462 e. The Morgan fingerprint density at radius 3 is 2.79 bits per heavy atom. The third-order valence-electron chi connectivity index (χ3n) is 3.06. The lowest BCUT2D eigenvalue weighted by Crippen LogP contribution is -2.34. The zero-order chi connectivity index (χ0) is 13.8. The first-order valence-corrected chi connectivity index (χ1v) is 7.29. The molecule has 1 N–H and O–H groups in total. The Hall–Kier alpha value is -1.62. The van der Waals surface area contributed by atoms with Crippen LogP contribution in [0.4, 0.5) is 0 Å². The smallest absolute Gasteiger partial charge is 0.271 e. The van der Waals surface area contributed by atoms with Gasteiger partial charge in [-0.3, -0.25) is 4.79 Å². The van der Waals surface area contributed by atoms with Crippen molar-refractivity contribution in [1.29, 1.82) is 0 Å². The van der Waals surface area contributed by atoms with Crippen LogP contribution in [0.15, 0.2) is 22.8 Å².